The summed E-state index contributed by atoms with van der Waals surface area (Å²) in [6.07, 6.45) is -0.605. The summed E-state index contributed by atoms with van der Waals surface area (Å²) in [4.78, 5) is 2.04. The Balaban J connectivity index is 1.94. The van der Waals surface area contributed by atoms with Crippen LogP contribution in [0.3, 0.4) is 0 Å². The van der Waals surface area contributed by atoms with Gasteiger partial charge in [-0.25, -0.2) is 0 Å². The first-order valence-corrected chi connectivity index (χ1v) is 9.70. The van der Waals surface area contributed by atoms with Crippen LogP contribution in [0.4, 0.5) is 0 Å². The molecule has 2 aromatic rings. The van der Waals surface area contributed by atoms with Gasteiger partial charge in [0.2, 0.25) is 0 Å². The van der Waals surface area contributed by atoms with Gasteiger partial charge >= 0.3 is 0 Å². The molecule has 28 heavy (non-hydrogen) atoms. The fourth-order valence-corrected chi connectivity index (χ4v) is 3.22. The standard InChI is InChI=1S/C22H33N3O3/c1-22(2,17-3-7-19(26)8-4-17)18-5-9-21(10-6-18)28-16-20(27)15-25(13-11-23)14-12-24/h3-10,20,26-27H,11-16,23-24H2,1-2H3. The number of hydrogen-bond donors (Lipinski definition) is 4. The molecular weight excluding hydrogens is 354 g/mol. The second-order valence-corrected chi connectivity index (χ2v) is 7.54. The Morgan fingerprint density at radius 2 is 1.43 bits per heavy atom. The van der Waals surface area contributed by atoms with Gasteiger partial charge in [-0.2, -0.15) is 0 Å². The van der Waals surface area contributed by atoms with Crippen LogP contribution in [0.5, 0.6) is 11.5 Å². The summed E-state index contributed by atoms with van der Waals surface area (Å²) >= 11 is 0. The maximum atomic E-state index is 10.2. The third-order valence-corrected chi connectivity index (χ3v) is 4.97. The van der Waals surface area contributed by atoms with Crippen LogP contribution in [0, 0.1) is 0 Å². The molecule has 0 fully saturated rings. The molecule has 6 N–H and O–H groups in total. The third-order valence-electron chi connectivity index (χ3n) is 4.97. The van der Waals surface area contributed by atoms with E-state index in [0.29, 0.717) is 38.5 Å². The molecule has 0 aliphatic carbocycles. The van der Waals surface area contributed by atoms with Crippen molar-refractivity contribution in [3.05, 3.63) is 59.7 Å². The monoisotopic (exact) mass is 387 g/mol. The Bertz CT molecular complexity index is 696. The predicted octanol–water partition coefficient (Wildman–Crippen LogP) is 1.68. The van der Waals surface area contributed by atoms with E-state index in [-0.39, 0.29) is 17.8 Å². The third kappa shape index (κ3) is 6.21. The molecule has 0 amide bonds. The molecular formula is C22H33N3O3. The first-order valence-electron chi connectivity index (χ1n) is 9.70. The van der Waals surface area contributed by atoms with Gasteiger partial charge in [0.25, 0.3) is 0 Å². The summed E-state index contributed by atoms with van der Waals surface area (Å²) in [7, 11) is 0. The summed E-state index contributed by atoms with van der Waals surface area (Å²) in [5, 5.41) is 19.7. The van der Waals surface area contributed by atoms with Crippen LogP contribution >= 0.6 is 0 Å². The van der Waals surface area contributed by atoms with Crippen LogP contribution in [0.2, 0.25) is 0 Å². The van der Waals surface area contributed by atoms with Crippen molar-refractivity contribution in [2.75, 3.05) is 39.3 Å². The van der Waals surface area contributed by atoms with Crippen molar-refractivity contribution in [3.8, 4) is 11.5 Å². The molecule has 0 saturated heterocycles. The molecule has 6 heteroatoms. The zero-order valence-electron chi connectivity index (χ0n) is 16.8. The SMILES string of the molecule is CC(C)(c1ccc(O)cc1)c1ccc(OCC(O)CN(CCN)CCN)cc1. The van der Waals surface area contributed by atoms with Crippen LogP contribution in [-0.4, -0.2) is 60.5 Å². The quantitative estimate of drug-likeness (QED) is 0.468. The zero-order valence-corrected chi connectivity index (χ0v) is 16.8. The number of nitrogens with two attached hydrogens (primary N) is 2. The van der Waals surface area contributed by atoms with Crippen molar-refractivity contribution >= 4 is 0 Å². The van der Waals surface area contributed by atoms with Crippen molar-refractivity contribution < 1.29 is 14.9 Å². The maximum absolute atomic E-state index is 10.2. The van der Waals surface area contributed by atoms with E-state index in [1.165, 1.54) is 0 Å². The highest BCUT2D eigenvalue weighted by Crippen LogP contribution is 2.33. The summed E-state index contributed by atoms with van der Waals surface area (Å²) in [5.74, 6) is 0.979. The number of aromatic hydroxyl groups is 1. The van der Waals surface area contributed by atoms with Crippen molar-refractivity contribution in [3.63, 3.8) is 0 Å². The number of phenols is 1. The molecule has 1 atom stereocenters. The van der Waals surface area contributed by atoms with Gasteiger partial charge in [-0.15, -0.1) is 0 Å². The van der Waals surface area contributed by atoms with Crippen LogP contribution in [-0.2, 0) is 5.41 Å². The zero-order chi connectivity index (χ0) is 20.6. The summed E-state index contributed by atoms with van der Waals surface area (Å²) in [6, 6.07) is 15.2. The number of ether oxygens (including phenoxy) is 1. The number of rotatable bonds is 11. The highest BCUT2D eigenvalue weighted by molar-refractivity contribution is 5.41. The first kappa shape index (κ1) is 22.2. The number of aliphatic hydroxyl groups excluding tert-OH is 1. The van der Waals surface area contributed by atoms with Crippen LogP contribution in [0.1, 0.15) is 25.0 Å². The van der Waals surface area contributed by atoms with E-state index in [1.807, 2.05) is 41.3 Å². The van der Waals surface area contributed by atoms with Gasteiger partial charge < -0.3 is 26.4 Å². The number of aliphatic hydroxyl groups is 1. The number of hydrogen-bond acceptors (Lipinski definition) is 6. The molecule has 0 aliphatic rings. The van der Waals surface area contributed by atoms with Gasteiger partial charge in [0.05, 0.1) is 0 Å². The highest BCUT2D eigenvalue weighted by atomic mass is 16.5. The smallest absolute Gasteiger partial charge is 0.119 e. The average molecular weight is 388 g/mol. The van der Waals surface area contributed by atoms with E-state index >= 15 is 0 Å². The Labute approximate surface area is 167 Å². The Kier molecular flexibility index (Phi) is 8.26. The van der Waals surface area contributed by atoms with Crippen LogP contribution < -0.4 is 16.2 Å². The van der Waals surface area contributed by atoms with Crippen molar-refractivity contribution in [2.45, 2.75) is 25.4 Å². The molecule has 2 aromatic carbocycles. The molecule has 6 nitrogen and oxygen atoms in total. The minimum absolute atomic E-state index is 0.198. The van der Waals surface area contributed by atoms with E-state index < -0.39 is 6.10 Å². The van der Waals surface area contributed by atoms with Gasteiger partial charge in [-0.05, 0) is 35.4 Å². The molecule has 0 aromatic heterocycles. The van der Waals surface area contributed by atoms with Gasteiger partial charge in [-0.3, -0.25) is 4.90 Å². The summed E-state index contributed by atoms with van der Waals surface area (Å²) in [6.45, 7) is 7.46. The summed E-state index contributed by atoms with van der Waals surface area (Å²) < 4.78 is 5.74. The predicted molar refractivity (Wildman–Crippen MR) is 113 cm³/mol. The first-order chi connectivity index (χ1) is 13.4. The van der Waals surface area contributed by atoms with Crippen molar-refractivity contribution in [2.24, 2.45) is 11.5 Å². The van der Waals surface area contributed by atoms with E-state index in [1.54, 1.807) is 12.1 Å². The average Bonchev–Trinajstić information content (AvgIpc) is 2.67. The van der Waals surface area contributed by atoms with Gasteiger partial charge in [0, 0.05) is 38.1 Å². The molecule has 0 spiro atoms. The van der Waals surface area contributed by atoms with E-state index in [0.717, 1.165) is 11.1 Å². The second-order valence-electron chi connectivity index (χ2n) is 7.54. The van der Waals surface area contributed by atoms with E-state index in [9.17, 15) is 10.2 Å². The minimum atomic E-state index is -0.605. The lowest BCUT2D eigenvalue weighted by Gasteiger charge is -2.26. The molecule has 0 radical (unpaired) electrons. The highest BCUT2D eigenvalue weighted by Gasteiger charge is 2.23. The lowest BCUT2D eigenvalue weighted by Crippen LogP contribution is -2.41. The van der Waals surface area contributed by atoms with Crippen LogP contribution in [0.25, 0.3) is 0 Å². The topological polar surface area (TPSA) is 105 Å². The van der Waals surface area contributed by atoms with E-state index in [2.05, 4.69) is 13.8 Å². The van der Waals surface area contributed by atoms with Crippen molar-refractivity contribution in [1.82, 2.24) is 4.90 Å². The molecule has 0 bridgehead atoms. The Hall–Kier alpha value is -2.12. The lowest BCUT2D eigenvalue weighted by atomic mass is 9.78. The second kappa shape index (κ2) is 10.4. The minimum Gasteiger partial charge on any atom is -0.508 e. The largest absolute Gasteiger partial charge is 0.508 e. The fourth-order valence-electron chi connectivity index (χ4n) is 3.22. The molecule has 1 unspecified atom stereocenters. The molecule has 154 valence electrons. The normalized spacial score (nSPS) is 12.9. The van der Waals surface area contributed by atoms with Gasteiger partial charge in [0.1, 0.15) is 24.2 Å². The molecule has 0 aliphatic heterocycles. The maximum Gasteiger partial charge on any atom is 0.119 e. The number of benzene rings is 2. The fraction of sp³-hybridized carbons (Fsp3) is 0.455. The molecule has 0 saturated carbocycles. The Morgan fingerprint density at radius 1 is 0.929 bits per heavy atom. The molecule has 0 heterocycles. The van der Waals surface area contributed by atoms with Gasteiger partial charge in [0.15, 0.2) is 0 Å². The van der Waals surface area contributed by atoms with Gasteiger partial charge in [-0.1, -0.05) is 38.1 Å². The van der Waals surface area contributed by atoms with Crippen LogP contribution in [0.15, 0.2) is 48.5 Å². The van der Waals surface area contributed by atoms with E-state index in [4.69, 9.17) is 16.2 Å². The number of nitrogens with zero attached hydrogens (tertiary/aromatic N) is 1. The van der Waals surface area contributed by atoms with Crippen molar-refractivity contribution in [1.29, 1.82) is 0 Å². The lowest BCUT2D eigenvalue weighted by molar-refractivity contribution is 0.0701. The summed E-state index contributed by atoms with van der Waals surface area (Å²) in [5.41, 5.74) is 13.2. The molecule has 2 rings (SSSR count). The Morgan fingerprint density at radius 3 is 1.93 bits per heavy atom. The number of phenolic OH excluding ortho intramolecular Hbond substituents is 1.